The fourth-order valence-electron chi connectivity index (χ4n) is 2.98. The van der Waals surface area contributed by atoms with Crippen molar-refractivity contribution in [1.29, 1.82) is 0 Å². The molecule has 0 saturated heterocycles. The number of halogens is 2. The molecule has 0 saturated carbocycles. The van der Waals surface area contributed by atoms with Gasteiger partial charge in [0.15, 0.2) is 0 Å². The number of aromatic nitrogens is 2. The molecule has 31 heavy (non-hydrogen) atoms. The minimum absolute atomic E-state index is 0.0146. The summed E-state index contributed by atoms with van der Waals surface area (Å²) in [7, 11) is -3.79. The molecule has 0 bridgehead atoms. The number of nitrogens with two attached hydrogens (primary N) is 1. The third kappa shape index (κ3) is 4.93. The van der Waals surface area contributed by atoms with Crippen molar-refractivity contribution in [3.63, 3.8) is 0 Å². The van der Waals surface area contributed by atoms with Crippen LogP contribution in [0.5, 0.6) is 5.75 Å². The summed E-state index contributed by atoms with van der Waals surface area (Å²) in [5.41, 5.74) is 2.13. The number of primary sulfonamides is 1. The molecule has 4 rings (SSSR count). The number of nitrogens with zero attached hydrogens (tertiary/aromatic N) is 2. The van der Waals surface area contributed by atoms with Crippen LogP contribution in [0.2, 0.25) is 5.02 Å². The Balaban J connectivity index is 1.70. The molecule has 1 heterocycles. The first-order valence-corrected chi connectivity index (χ1v) is 11.1. The zero-order valence-corrected chi connectivity index (χ0v) is 17.6. The summed E-state index contributed by atoms with van der Waals surface area (Å²) in [6.07, 6.45) is 1.82. The van der Waals surface area contributed by atoms with Crippen LogP contribution in [0.1, 0.15) is 5.69 Å². The molecule has 0 radical (unpaired) electrons. The second-order valence-electron chi connectivity index (χ2n) is 6.71. The number of sulfonamides is 1. The SMILES string of the molecule is NS(=O)(=O)c1ccc(-c2nc(COc3ccc(F)cc3)cn2-c2ccc(Cl)cc2)cc1. The van der Waals surface area contributed by atoms with Crippen LogP contribution < -0.4 is 9.88 Å². The molecule has 0 amide bonds. The number of ether oxygens (including phenoxy) is 1. The Morgan fingerprint density at radius 3 is 2.23 bits per heavy atom. The van der Waals surface area contributed by atoms with E-state index in [4.69, 9.17) is 21.5 Å². The van der Waals surface area contributed by atoms with Crippen molar-refractivity contribution >= 4 is 21.6 Å². The second-order valence-corrected chi connectivity index (χ2v) is 8.71. The first-order chi connectivity index (χ1) is 14.8. The van der Waals surface area contributed by atoms with E-state index in [1.54, 1.807) is 36.4 Å². The summed E-state index contributed by atoms with van der Waals surface area (Å²) in [5, 5.41) is 5.79. The van der Waals surface area contributed by atoms with E-state index in [-0.39, 0.29) is 17.3 Å². The van der Waals surface area contributed by atoms with Gasteiger partial charge in [-0.1, -0.05) is 11.6 Å². The normalized spacial score (nSPS) is 11.5. The Hall–Kier alpha value is -3.20. The van der Waals surface area contributed by atoms with Crippen molar-refractivity contribution in [2.45, 2.75) is 11.5 Å². The predicted molar refractivity (Wildman–Crippen MR) is 116 cm³/mol. The molecule has 0 aliphatic heterocycles. The number of hydrogen-bond donors (Lipinski definition) is 1. The topological polar surface area (TPSA) is 87.2 Å². The van der Waals surface area contributed by atoms with E-state index in [1.165, 1.54) is 24.3 Å². The maximum absolute atomic E-state index is 13.1. The van der Waals surface area contributed by atoms with E-state index in [9.17, 15) is 12.8 Å². The van der Waals surface area contributed by atoms with Crippen LogP contribution >= 0.6 is 11.6 Å². The fourth-order valence-corrected chi connectivity index (χ4v) is 3.62. The van der Waals surface area contributed by atoms with E-state index in [0.717, 1.165) is 5.69 Å². The summed E-state index contributed by atoms with van der Waals surface area (Å²) in [6.45, 7) is 0.161. The van der Waals surface area contributed by atoms with Gasteiger partial charge < -0.3 is 4.74 Å². The molecule has 2 N–H and O–H groups in total. The quantitative estimate of drug-likeness (QED) is 0.460. The molecule has 0 unspecified atom stereocenters. The average Bonchev–Trinajstić information content (AvgIpc) is 3.18. The lowest BCUT2D eigenvalue weighted by atomic mass is 10.2. The Labute approximate surface area is 183 Å². The number of rotatable bonds is 6. The summed E-state index contributed by atoms with van der Waals surface area (Å²) in [4.78, 5) is 4.67. The summed E-state index contributed by atoms with van der Waals surface area (Å²) in [5.74, 6) is 0.757. The van der Waals surface area contributed by atoms with Crippen LogP contribution in [0.25, 0.3) is 17.1 Å². The lowest BCUT2D eigenvalue weighted by Gasteiger charge is -2.08. The van der Waals surface area contributed by atoms with Gasteiger partial charge in [0.2, 0.25) is 10.0 Å². The molecule has 0 spiro atoms. The Morgan fingerprint density at radius 1 is 0.968 bits per heavy atom. The Kier molecular flexibility index (Phi) is 5.77. The third-order valence-electron chi connectivity index (χ3n) is 4.50. The molecule has 1 aromatic heterocycles. The molecule has 0 aliphatic carbocycles. The minimum atomic E-state index is -3.79. The van der Waals surface area contributed by atoms with Crippen LogP contribution in [-0.4, -0.2) is 18.0 Å². The number of imidazole rings is 1. The first-order valence-electron chi connectivity index (χ1n) is 9.15. The highest BCUT2D eigenvalue weighted by molar-refractivity contribution is 7.89. The molecular weight excluding hydrogens is 441 g/mol. The highest BCUT2D eigenvalue weighted by Crippen LogP contribution is 2.26. The van der Waals surface area contributed by atoms with Gasteiger partial charge in [0.05, 0.1) is 10.6 Å². The maximum atomic E-state index is 13.1. The fraction of sp³-hybridized carbons (Fsp3) is 0.0455. The molecule has 0 fully saturated rings. The molecule has 158 valence electrons. The highest BCUT2D eigenvalue weighted by atomic mass is 35.5. The zero-order chi connectivity index (χ0) is 22.0. The van der Waals surface area contributed by atoms with Gasteiger partial charge >= 0.3 is 0 Å². The molecule has 0 atom stereocenters. The van der Waals surface area contributed by atoms with Crippen molar-refractivity contribution in [3.05, 3.63) is 95.5 Å². The number of benzene rings is 3. The van der Waals surface area contributed by atoms with Gasteiger partial charge in [-0.25, -0.2) is 22.9 Å². The lowest BCUT2D eigenvalue weighted by molar-refractivity contribution is 0.301. The average molecular weight is 458 g/mol. The molecular formula is C22H17ClFN3O3S. The van der Waals surface area contributed by atoms with Crippen LogP contribution in [0.3, 0.4) is 0 Å². The minimum Gasteiger partial charge on any atom is -0.487 e. The lowest BCUT2D eigenvalue weighted by Crippen LogP contribution is -2.11. The first kappa shape index (κ1) is 21.0. The maximum Gasteiger partial charge on any atom is 0.238 e. The van der Waals surface area contributed by atoms with E-state index < -0.39 is 10.0 Å². The molecule has 6 nitrogen and oxygen atoms in total. The van der Waals surface area contributed by atoms with Gasteiger partial charge in [-0.15, -0.1) is 0 Å². The van der Waals surface area contributed by atoms with Crippen molar-refractivity contribution in [3.8, 4) is 22.8 Å². The van der Waals surface area contributed by atoms with E-state index >= 15 is 0 Å². The summed E-state index contributed by atoms with van der Waals surface area (Å²) >= 11 is 6.01. The number of hydrogen-bond acceptors (Lipinski definition) is 4. The van der Waals surface area contributed by atoms with Gasteiger partial charge in [-0.05, 0) is 72.8 Å². The van der Waals surface area contributed by atoms with Crippen molar-refractivity contribution in [1.82, 2.24) is 9.55 Å². The van der Waals surface area contributed by atoms with E-state index in [2.05, 4.69) is 4.98 Å². The van der Waals surface area contributed by atoms with Gasteiger partial charge in [0.25, 0.3) is 0 Å². The monoisotopic (exact) mass is 457 g/mol. The molecule has 0 aliphatic rings. The summed E-state index contributed by atoms with van der Waals surface area (Å²) < 4.78 is 43.8. The van der Waals surface area contributed by atoms with Crippen LogP contribution in [-0.2, 0) is 16.6 Å². The Morgan fingerprint density at radius 2 is 1.61 bits per heavy atom. The van der Waals surface area contributed by atoms with E-state index in [1.807, 2.05) is 22.9 Å². The van der Waals surface area contributed by atoms with Crippen molar-refractivity contribution < 1.29 is 17.5 Å². The Bertz CT molecular complexity index is 1300. The molecule has 4 aromatic rings. The summed E-state index contributed by atoms with van der Waals surface area (Å²) in [6, 6.07) is 19.1. The smallest absolute Gasteiger partial charge is 0.238 e. The highest BCUT2D eigenvalue weighted by Gasteiger charge is 2.14. The zero-order valence-electron chi connectivity index (χ0n) is 16.1. The van der Waals surface area contributed by atoms with Crippen LogP contribution in [0.15, 0.2) is 83.9 Å². The molecule has 9 heteroatoms. The second kappa shape index (κ2) is 8.50. The van der Waals surface area contributed by atoms with Crippen LogP contribution in [0.4, 0.5) is 4.39 Å². The van der Waals surface area contributed by atoms with E-state index in [0.29, 0.717) is 27.9 Å². The van der Waals surface area contributed by atoms with Gasteiger partial charge in [-0.3, -0.25) is 4.57 Å². The van der Waals surface area contributed by atoms with Crippen LogP contribution in [0, 0.1) is 5.82 Å². The van der Waals surface area contributed by atoms with Gasteiger partial charge in [-0.2, -0.15) is 0 Å². The van der Waals surface area contributed by atoms with Crippen molar-refractivity contribution in [2.75, 3.05) is 0 Å². The van der Waals surface area contributed by atoms with Gasteiger partial charge in [0, 0.05) is 22.5 Å². The standard InChI is InChI=1S/C22H17ClFN3O3S/c23-16-3-7-19(8-4-16)27-13-18(14-30-20-9-5-17(24)6-10-20)26-22(27)15-1-11-21(12-2-15)31(25,28)29/h1-13H,14H2,(H2,25,28,29). The van der Waals surface area contributed by atoms with Crippen molar-refractivity contribution in [2.24, 2.45) is 5.14 Å². The molecule has 3 aromatic carbocycles. The third-order valence-corrected chi connectivity index (χ3v) is 5.68. The predicted octanol–water partition coefficient (Wildman–Crippen LogP) is 4.56. The van der Waals surface area contributed by atoms with Gasteiger partial charge in [0.1, 0.15) is 24.0 Å². The largest absolute Gasteiger partial charge is 0.487 e.